The molecule has 4 rings (SSSR count). The maximum atomic E-state index is 12.3. The fraction of sp³-hybridized carbons (Fsp3) is 0.200. The number of nitrogens with one attached hydrogen (secondary N) is 2. The summed E-state index contributed by atoms with van der Waals surface area (Å²) in [6.07, 6.45) is 2.31. The lowest BCUT2D eigenvalue weighted by Crippen LogP contribution is -2.38. The minimum Gasteiger partial charge on any atom is -0.489 e. The third-order valence-electron chi connectivity index (χ3n) is 5.30. The van der Waals surface area contributed by atoms with Crippen LogP contribution in [0, 0.1) is 0 Å². The first kappa shape index (κ1) is 20.5. The molecule has 0 saturated carbocycles. The molecule has 0 fully saturated rings. The molecule has 1 atom stereocenters. The summed E-state index contributed by atoms with van der Waals surface area (Å²) in [5.74, 6) is -0.263. The second-order valence-electron chi connectivity index (χ2n) is 7.56. The first-order valence-corrected chi connectivity index (χ1v) is 10.3. The number of carbonyl (C=O) groups excluding carboxylic acids is 1. The van der Waals surface area contributed by atoms with E-state index in [1.165, 1.54) is 11.6 Å². The van der Waals surface area contributed by atoms with Gasteiger partial charge < -0.3 is 20.5 Å². The highest BCUT2D eigenvalue weighted by atomic mass is 16.5. The number of fused-ring (bicyclic) bond motifs is 1. The Hall–Kier alpha value is -3.80. The van der Waals surface area contributed by atoms with Crippen LogP contribution in [-0.2, 0) is 17.8 Å². The molecule has 6 nitrogen and oxygen atoms in total. The van der Waals surface area contributed by atoms with Crippen LogP contribution in [0.25, 0.3) is 0 Å². The lowest BCUT2D eigenvalue weighted by molar-refractivity contribution is -0.117. The molecule has 0 spiro atoms. The van der Waals surface area contributed by atoms with Crippen molar-refractivity contribution in [2.24, 2.45) is 0 Å². The average molecular weight is 416 g/mol. The number of aromatic carboxylic acids is 1. The summed E-state index contributed by atoms with van der Waals surface area (Å²) in [4.78, 5) is 23.5. The minimum absolute atomic E-state index is 0.0970. The third kappa shape index (κ3) is 5.22. The molecule has 1 heterocycles. The van der Waals surface area contributed by atoms with Crippen LogP contribution >= 0.6 is 0 Å². The maximum Gasteiger partial charge on any atom is 0.335 e. The predicted molar refractivity (Wildman–Crippen MR) is 120 cm³/mol. The fourth-order valence-corrected chi connectivity index (χ4v) is 3.59. The minimum atomic E-state index is -0.991. The van der Waals surface area contributed by atoms with Crippen molar-refractivity contribution in [2.75, 3.05) is 10.6 Å². The molecule has 0 aromatic heterocycles. The van der Waals surface area contributed by atoms with Gasteiger partial charge >= 0.3 is 5.97 Å². The Labute approximate surface area is 180 Å². The molecular formula is C25H24N2O4. The molecule has 0 saturated heterocycles. The normalized spacial score (nSPS) is 14.8. The van der Waals surface area contributed by atoms with Crippen molar-refractivity contribution in [2.45, 2.75) is 31.9 Å². The molecule has 6 heteroatoms. The molecule has 158 valence electrons. The van der Waals surface area contributed by atoms with Crippen LogP contribution in [0.1, 0.15) is 34.3 Å². The molecule has 0 radical (unpaired) electrons. The van der Waals surface area contributed by atoms with Crippen molar-refractivity contribution in [1.29, 1.82) is 0 Å². The molecule has 1 unspecified atom stereocenters. The lowest BCUT2D eigenvalue weighted by atomic mass is 10.0. The number of aryl methyl sites for hydroxylation is 1. The van der Waals surface area contributed by atoms with E-state index < -0.39 is 5.97 Å². The van der Waals surface area contributed by atoms with Gasteiger partial charge in [0.2, 0.25) is 5.91 Å². The van der Waals surface area contributed by atoms with Gasteiger partial charge in [0.05, 0.1) is 16.9 Å². The molecular weight excluding hydrogens is 392 g/mol. The molecule has 1 aliphatic rings. The molecule has 31 heavy (non-hydrogen) atoms. The highest BCUT2D eigenvalue weighted by Gasteiger charge is 2.25. The molecule has 0 bridgehead atoms. The van der Waals surface area contributed by atoms with E-state index in [2.05, 4.69) is 10.6 Å². The van der Waals surface area contributed by atoms with Crippen LogP contribution in [-0.4, -0.2) is 23.0 Å². The van der Waals surface area contributed by atoms with E-state index >= 15 is 0 Å². The van der Waals surface area contributed by atoms with Crippen molar-refractivity contribution in [3.63, 3.8) is 0 Å². The van der Waals surface area contributed by atoms with Crippen molar-refractivity contribution >= 4 is 23.3 Å². The van der Waals surface area contributed by atoms with Crippen LogP contribution in [0.3, 0.4) is 0 Å². The van der Waals surface area contributed by atoms with E-state index in [9.17, 15) is 9.59 Å². The number of benzene rings is 3. The maximum absolute atomic E-state index is 12.3. The summed E-state index contributed by atoms with van der Waals surface area (Å²) < 4.78 is 5.82. The summed E-state index contributed by atoms with van der Waals surface area (Å²) in [5.41, 5.74) is 3.75. The van der Waals surface area contributed by atoms with E-state index in [0.29, 0.717) is 24.4 Å². The van der Waals surface area contributed by atoms with Gasteiger partial charge in [0.15, 0.2) is 0 Å². The second kappa shape index (κ2) is 9.34. The first-order chi connectivity index (χ1) is 15.1. The smallest absolute Gasteiger partial charge is 0.335 e. The predicted octanol–water partition coefficient (Wildman–Crippen LogP) is 4.72. The number of carboxylic acid groups (broad SMARTS) is 1. The zero-order valence-corrected chi connectivity index (χ0v) is 17.0. The van der Waals surface area contributed by atoms with Gasteiger partial charge in [-0.25, -0.2) is 4.79 Å². The molecule has 0 aliphatic carbocycles. The Bertz CT molecular complexity index is 1060. The van der Waals surface area contributed by atoms with Gasteiger partial charge in [-0.3, -0.25) is 4.79 Å². The first-order valence-electron chi connectivity index (χ1n) is 10.3. The highest BCUT2D eigenvalue weighted by molar-refractivity contribution is 6.04. The van der Waals surface area contributed by atoms with Crippen molar-refractivity contribution in [3.05, 3.63) is 89.5 Å². The van der Waals surface area contributed by atoms with Gasteiger partial charge in [0, 0.05) is 0 Å². The summed E-state index contributed by atoms with van der Waals surface area (Å²) in [7, 11) is 0. The third-order valence-corrected chi connectivity index (χ3v) is 5.30. The van der Waals surface area contributed by atoms with Gasteiger partial charge in [-0.05, 0) is 60.7 Å². The van der Waals surface area contributed by atoms with Crippen molar-refractivity contribution in [1.82, 2.24) is 0 Å². The molecule has 3 N–H and O–H groups in total. The monoisotopic (exact) mass is 416 g/mol. The number of amides is 1. The number of rotatable bonds is 8. The number of ether oxygens (including phenoxy) is 1. The Morgan fingerprint density at radius 3 is 2.45 bits per heavy atom. The topological polar surface area (TPSA) is 87.7 Å². The quantitative estimate of drug-likeness (QED) is 0.495. The van der Waals surface area contributed by atoms with Crippen LogP contribution in [0.5, 0.6) is 5.75 Å². The second-order valence-corrected chi connectivity index (χ2v) is 7.56. The van der Waals surface area contributed by atoms with Gasteiger partial charge in [0.25, 0.3) is 0 Å². The van der Waals surface area contributed by atoms with Gasteiger partial charge in [-0.1, -0.05) is 42.5 Å². The Morgan fingerprint density at radius 1 is 0.935 bits per heavy atom. The Kier molecular flexibility index (Phi) is 6.17. The van der Waals surface area contributed by atoms with E-state index in [0.717, 1.165) is 24.2 Å². The average Bonchev–Trinajstić information content (AvgIpc) is 2.79. The van der Waals surface area contributed by atoms with Gasteiger partial charge in [-0.2, -0.15) is 0 Å². The van der Waals surface area contributed by atoms with Crippen molar-refractivity contribution in [3.8, 4) is 5.75 Å². The van der Waals surface area contributed by atoms with E-state index in [-0.39, 0.29) is 17.5 Å². The number of carbonyl (C=O) groups is 2. The Balaban J connectivity index is 1.27. The zero-order valence-electron chi connectivity index (χ0n) is 17.0. The fourth-order valence-electron chi connectivity index (χ4n) is 3.59. The van der Waals surface area contributed by atoms with E-state index in [4.69, 9.17) is 9.84 Å². The van der Waals surface area contributed by atoms with Crippen molar-refractivity contribution < 1.29 is 19.4 Å². The standard InChI is InChI=1S/C25H24N2O4/c28-24-22(26-23-15-19(25(29)30)11-14-21(23)27-24)8-4-7-17-9-12-20(13-10-17)31-16-18-5-2-1-3-6-18/h1-3,5-6,9-15,22,26H,4,7-8,16H2,(H,27,28)(H,29,30). The molecule has 1 amide bonds. The van der Waals surface area contributed by atoms with Crippen LogP contribution in [0.4, 0.5) is 11.4 Å². The number of hydrogen-bond acceptors (Lipinski definition) is 4. The highest BCUT2D eigenvalue weighted by Crippen LogP contribution is 2.29. The molecule has 1 aliphatic heterocycles. The summed E-state index contributed by atoms with van der Waals surface area (Å²) >= 11 is 0. The lowest BCUT2D eigenvalue weighted by Gasteiger charge is -2.27. The number of carboxylic acids is 1. The molecule has 3 aromatic rings. The van der Waals surface area contributed by atoms with Crippen LogP contribution < -0.4 is 15.4 Å². The number of anilines is 2. The SMILES string of the molecule is O=C(O)c1ccc2c(c1)NC(CCCc1ccc(OCc3ccccc3)cc1)C(=O)N2. The zero-order chi connectivity index (χ0) is 21.6. The summed E-state index contributed by atoms with van der Waals surface area (Å²) in [6, 6.07) is 22.3. The largest absolute Gasteiger partial charge is 0.489 e. The summed E-state index contributed by atoms with van der Waals surface area (Å²) in [5, 5.41) is 15.2. The van der Waals surface area contributed by atoms with Gasteiger partial charge in [-0.15, -0.1) is 0 Å². The Morgan fingerprint density at radius 2 is 1.71 bits per heavy atom. The summed E-state index contributed by atoms with van der Waals surface area (Å²) in [6.45, 7) is 0.535. The van der Waals surface area contributed by atoms with Crippen LogP contribution in [0.2, 0.25) is 0 Å². The van der Waals surface area contributed by atoms with E-state index in [1.807, 2.05) is 54.6 Å². The number of hydrogen-bond donors (Lipinski definition) is 3. The van der Waals surface area contributed by atoms with Crippen LogP contribution in [0.15, 0.2) is 72.8 Å². The molecule has 3 aromatic carbocycles. The van der Waals surface area contributed by atoms with Gasteiger partial charge in [0.1, 0.15) is 18.4 Å². The van der Waals surface area contributed by atoms with E-state index in [1.54, 1.807) is 12.1 Å².